The van der Waals surface area contributed by atoms with Gasteiger partial charge >= 0.3 is 0 Å². The third-order valence-electron chi connectivity index (χ3n) is 5.31. The van der Waals surface area contributed by atoms with Crippen molar-refractivity contribution in [3.8, 4) is 11.6 Å². The molecule has 3 aromatic rings. The molecule has 0 spiro atoms. The molecule has 11 heteroatoms. The number of ether oxygens (including phenoxy) is 1. The van der Waals surface area contributed by atoms with Gasteiger partial charge in [-0.2, -0.15) is 0 Å². The Balaban J connectivity index is 1.56. The Kier molecular flexibility index (Phi) is 7.85. The zero-order valence-corrected chi connectivity index (χ0v) is 20.0. The summed E-state index contributed by atoms with van der Waals surface area (Å²) in [7, 11) is 0. The number of nitrogens with zero attached hydrogens (tertiary/aromatic N) is 2. The maximum Gasteiger partial charge on any atom is 0.257 e. The van der Waals surface area contributed by atoms with E-state index in [1.165, 1.54) is 12.1 Å². The van der Waals surface area contributed by atoms with Crippen LogP contribution >= 0.6 is 34.8 Å². The number of benzene rings is 2. The molecule has 1 unspecified atom stereocenters. The molecule has 178 valence electrons. The van der Waals surface area contributed by atoms with Crippen molar-refractivity contribution in [2.45, 2.75) is 31.2 Å². The molecule has 1 aromatic heterocycles. The highest BCUT2D eigenvalue weighted by molar-refractivity contribution is 6.35. The van der Waals surface area contributed by atoms with Crippen molar-refractivity contribution in [1.82, 2.24) is 15.5 Å². The normalized spacial score (nSPS) is 14.0. The summed E-state index contributed by atoms with van der Waals surface area (Å²) in [5.74, 6) is 4.13. The second kappa shape index (κ2) is 10.8. The van der Waals surface area contributed by atoms with E-state index in [1.807, 2.05) is 0 Å². The summed E-state index contributed by atoms with van der Waals surface area (Å²) in [6.07, 6.45) is 2.16. The van der Waals surface area contributed by atoms with Crippen LogP contribution in [0.3, 0.4) is 0 Å². The molecule has 0 bridgehead atoms. The van der Waals surface area contributed by atoms with Gasteiger partial charge in [-0.15, -0.1) is 10.2 Å². The van der Waals surface area contributed by atoms with Gasteiger partial charge in [-0.25, -0.2) is 10.3 Å². The summed E-state index contributed by atoms with van der Waals surface area (Å²) < 4.78 is 20.6. The van der Waals surface area contributed by atoms with Gasteiger partial charge in [-0.3, -0.25) is 4.79 Å². The van der Waals surface area contributed by atoms with Gasteiger partial charge in [0.25, 0.3) is 11.8 Å². The quantitative estimate of drug-likeness (QED) is 0.359. The second-order valence-electron chi connectivity index (χ2n) is 7.87. The van der Waals surface area contributed by atoms with Gasteiger partial charge in [0.15, 0.2) is 16.7 Å². The van der Waals surface area contributed by atoms with E-state index < -0.39 is 17.8 Å². The first-order chi connectivity index (χ1) is 16.4. The van der Waals surface area contributed by atoms with Crippen molar-refractivity contribution in [2.75, 3.05) is 6.61 Å². The molecule has 4 rings (SSSR count). The molecule has 1 saturated carbocycles. The molecule has 1 heterocycles. The zero-order chi connectivity index (χ0) is 24.2. The third kappa shape index (κ3) is 5.95. The summed E-state index contributed by atoms with van der Waals surface area (Å²) in [6.45, 7) is -0.00874. The van der Waals surface area contributed by atoms with Crippen molar-refractivity contribution in [3.63, 3.8) is 0 Å². The molecule has 0 radical (unpaired) electrons. The van der Waals surface area contributed by atoms with Gasteiger partial charge in [0.2, 0.25) is 0 Å². The lowest BCUT2D eigenvalue weighted by Crippen LogP contribution is -2.40. The van der Waals surface area contributed by atoms with E-state index in [0.29, 0.717) is 22.0 Å². The molecule has 0 saturated heterocycles. The molecule has 1 amide bonds. The van der Waals surface area contributed by atoms with Gasteiger partial charge in [-0.05, 0) is 60.6 Å². The first-order valence-corrected chi connectivity index (χ1v) is 11.5. The number of carbonyl (C=O) groups excluding carboxylic acids is 1. The number of hydrogen-bond acceptors (Lipinski definition) is 6. The molecular weight excluding hydrogens is 506 g/mol. The predicted octanol–water partition coefficient (Wildman–Crippen LogP) is 5.48. The fraction of sp³-hybridized carbons (Fsp3) is 0.261. The Morgan fingerprint density at radius 2 is 1.97 bits per heavy atom. The highest BCUT2D eigenvalue weighted by Gasteiger charge is 2.29. The SMILES string of the molecule is NOCC(Cc1ccc(Cl)cc1Cl)NC(=O)c1cc(Cl)nnc1Oc1cccc(C2CC2)c1F. The molecule has 0 aliphatic heterocycles. The number of nitrogens with two attached hydrogens (primary N) is 1. The number of rotatable bonds is 9. The van der Waals surface area contributed by atoms with Crippen LogP contribution in [0.25, 0.3) is 0 Å². The molecule has 1 aliphatic rings. The first-order valence-electron chi connectivity index (χ1n) is 10.4. The van der Waals surface area contributed by atoms with E-state index in [0.717, 1.165) is 18.4 Å². The van der Waals surface area contributed by atoms with E-state index in [2.05, 4.69) is 15.5 Å². The van der Waals surface area contributed by atoms with Crippen LogP contribution < -0.4 is 16.0 Å². The van der Waals surface area contributed by atoms with Crippen molar-refractivity contribution in [3.05, 3.63) is 80.2 Å². The Hall–Kier alpha value is -2.49. The smallest absolute Gasteiger partial charge is 0.257 e. The lowest BCUT2D eigenvalue weighted by molar-refractivity contribution is 0.0837. The summed E-state index contributed by atoms with van der Waals surface area (Å²) >= 11 is 18.2. The van der Waals surface area contributed by atoms with Crippen molar-refractivity contribution in [2.24, 2.45) is 5.90 Å². The van der Waals surface area contributed by atoms with Gasteiger partial charge in [0.05, 0.1) is 12.6 Å². The second-order valence-corrected chi connectivity index (χ2v) is 9.10. The molecule has 1 atom stereocenters. The van der Waals surface area contributed by atoms with E-state index in [4.69, 9.17) is 50.3 Å². The minimum absolute atomic E-state index is 0.00874. The van der Waals surface area contributed by atoms with Crippen LogP contribution in [-0.2, 0) is 11.3 Å². The predicted molar refractivity (Wildman–Crippen MR) is 127 cm³/mol. The molecular formula is C23H20Cl3FN4O3. The van der Waals surface area contributed by atoms with Crippen LogP contribution in [0.15, 0.2) is 42.5 Å². The Labute approximate surface area is 210 Å². The Bertz CT molecular complexity index is 1210. The summed E-state index contributed by atoms with van der Waals surface area (Å²) in [5, 5.41) is 11.3. The highest BCUT2D eigenvalue weighted by atomic mass is 35.5. The standard InChI is InChI=1S/C23H20Cl3FN4O3/c24-14-7-6-13(18(25)9-14)8-15(11-33-28)29-22(32)17-10-20(26)30-31-23(17)34-19-3-1-2-16(21(19)27)12-4-5-12/h1-3,6-7,9-10,12,15H,4-5,8,11,28H2,(H,29,32). The summed E-state index contributed by atoms with van der Waals surface area (Å²) in [4.78, 5) is 17.9. The number of hydrogen-bond donors (Lipinski definition) is 2. The molecule has 3 N–H and O–H groups in total. The zero-order valence-electron chi connectivity index (χ0n) is 17.7. The topological polar surface area (TPSA) is 99.4 Å². The van der Waals surface area contributed by atoms with E-state index in [9.17, 15) is 9.18 Å². The van der Waals surface area contributed by atoms with Gasteiger partial charge in [0.1, 0.15) is 5.56 Å². The van der Waals surface area contributed by atoms with E-state index in [-0.39, 0.29) is 34.9 Å². The van der Waals surface area contributed by atoms with Crippen molar-refractivity contribution in [1.29, 1.82) is 0 Å². The van der Waals surface area contributed by atoms with E-state index in [1.54, 1.807) is 30.3 Å². The van der Waals surface area contributed by atoms with Gasteiger partial charge in [0, 0.05) is 10.0 Å². The summed E-state index contributed by atoms with van der Waals surface area (Å²) in [5.41, 5.74) is 1.28. The maximum atomic E-state index is 14.9. The first kappa shape index (κ1) is 24.6. The monoisotopic (exact) mass is 524 g/mol. The van der Waals surface area contributed by atoms with Gasteiger partial charge < -0.3 is 14.9 Å². The molecule has 1 aliphatic carbocycles. The molecule has 7 nitrogen and oxygen atoms in total. The van der Waals surface area contributed by atoms with Crippen LogP contribution in [0, 0.1) is 5.82 Å². The van der Waals surface area contributed by atoms with Gasteiger partial charge in [-0.1, -0.05) is 53.0 Å². The maximum absolute atomic E-state index is 14.9. The van der Waals surface area contributed by atoms with Crippen LogP contribution in [0.2, 0.25) is 15.2 Å². The highest BCUT2D eigenvalue weighted by Crippen LogP contribution is 2.43. The number of carbonyl (C=O) groups is 1. The minimum Gasteiger partial charge on any atom is -0.434 e. The van der Waals surface area contributed by atoms with Crippen LogP contribution in [0.4, 0.5) is 4.39 Å². The number of halogens is 4. The van der Waals surface area contributed by atoms with Crippen molar-refractivity contribution < 1.29 is 18.8 Å². The summed E-state index contributed by atoms with van der Waals surface area (Å²) in [6, 6.07) is 10.6. The number of amides is 1. The minimum atomic E-state index is -0.585. The lowest BCUT2D eigenvalue weighted by atomic mass is 10.1. The largest absolute Gasteiger partial charge is 0.434 e. The fourth-order valence-electron chi connectivity index (χ4n) is 3.50. The molecule has 2 aromatic carbocycles. The van der Waals surface area contributed by atoms with Crippen molar-refractivity contribution >= 4 is 40.7 Å². The lowest BCUT2D eigenvalue weighted by Gasteiger charge is -2.19. The number of nitrogens with one attached hydrogen (secondary N) is 1. The Morgan fingerprint density at radius 3 is 2.68 bits per heavy atom. The average molecular weight is 526 g/mol. The fourth-order valence-corrected chi connectivity index (χ4v) is 4.13. The number of aromatic nitrogens is 2. The van der Waals surface area contributed by atoms with Crippen LogP contribution in [-0.4, -0.2) is 28.8 Å². The Morgan fingerprint density at radius 1 is 1.18 bits per heavy atom. The van der Waals surface area contributed by atoms with Crippen LogP contribution in [0.5, 0.6) is 11.6 Å². The molecule has 1 fully saturated rings. The third-order valence-corrected chi connectivity index (χ3v) is 6.08. The van der Waals surface area contributed by atoms with Crippen LogP contribution in [0.1, 0.15) is 40.2 Å². The molecule has 34 heavy (non-hydrogen) atoms. The van der Waals surface area contributed by atoms with E-state index >= 15 is 0 Å². The average Bonchev–Trinajstić information content (AvgIpc) is 3.63.